The van der Waals surface area contributed by atoms with Gasteiger partial charge in [0.1, 0.15) is 0 Å². The highest BCUT2D eigenvalue weighted by Crippen LogP contribution is 2.17. The van der Waals surface area contributed by atoms with Gasteiger partial charge >= 0.3 is 6.03 Å². The maximum atomic E-state index is 12.4. The molecule has 0 aliphatic carbocycles. The Morgan fingerprint density at radius 2 is 1.71 bits per heavy atom. The zero-order valence-corrected chi connectivity index (χ0v) is 16.8. The molecule has 1 N–H and O–H groups in total. The number of rotatable bonds is 7. The van der Waals surface area contributed by atoms with Crippen LogP contribution in [0, 0.1) is 0 Å². The second kappa shape index (κ2) is 9.99. The third-order valence-electron chi connectivity index (χ3n) is 5.00. The molecule has 0 bridgehead atoms. The minimum Gasteiger partial charge on any atom is -0.378 e. The van der Waals surface area contributed by atoms with Gasteiger partial charge in [0.05, 0.1) is 13.2 Å². The predicted molar refractivity (Wildman–Crippen MR) is 114 cm³/mol. The van der Waals surface area contributed by atoms with Crippen molar-refractivity contribution in [3.05, 3.63) is 60.2 Å². The van der Waals surface area contributed by atoms with Crippen LogP contribution < -0.4 is 15.1 Å². The fourth-order valence-electron chi connectivity index (χ4n) is 3.26. The van der Waals surface area contributed by atoms with Crippen molar-refractivity contribution in [1.29, 1.82) is 0 Å². The Labute approximate surface area is 167 Å². The smallest absolute Gasteiger partial charge is 0.317 e. The molecule has 2 aromatic carbocycles. The standard InChI is InChI=1S/C22H30N4O2/c1-24(20-6-4-3-5-7-20)13-12-23-22(27)25(2)18-19-8-10-21(11-9-19)26-14-16-28-17-15-26/h3-11H,12-18H2,1-2H3,(H,23,27). The summed E-state index contributed by atoms with van der Waals surface area (Å²) in [7, 11) is 3.85. The maximum absolute atomic E-state index is 12.4. The zero-order valence-electron chi connectivity index (χ0n) is 16.8. The number of urea groups is 1. The first-order valence-electron chi connectivity index (χ1n) is 9.80. The molecule has 0 unspecified atom stereocenters. The molecule has 2 aromatic rings. The first-order chi connectivity index (χ1) is 13.6. The van der Waals surface area contributed by atoms with Crippen LogP contribution in [0.4, 0.5) is 16.2 Å². The lowest BCUT2D eigenvalue weighted by atomic mass is 10.2. The molecule has 3 rings (SSSR count). The number of morpholine rings is 1. The van der Waals surface area contributed by atoms with E-state index in [0.717, 1.165) is 44.1 Å². The first kappa shape index (κ1) is 20.0. The summed E-state index contributed by atoms with van der Waals surface area (Å²) >= 11 is 0. The summed E-state index contributed by atoms with van der Waals surface area (Å²) in [5.41, 5.74) is 3.48. The fraction of sp³-hybridized carbons (Fsp3) is 0.409. The highest BCUT2D eigenvalue weighted by atomic mass is 16.5. The highest BCUT2D eigenvalue weighted by molar-refractivity contribution is 5.73. The number of amides is 2. The van der Waals surface area contributed by atoms with Gasteiger partial charge in [-0.05, 0) is 29.8 Å². The van der Waals surface area contributed by atoms with E-state index in [1.807, 2.05) is 32.3 Å². The summed E-state index contributed by atoms with van der Waals surface area (Å²) in [6.45, 7) is 5.37. The number of para-hydroxylation sites is 1. The van der Waals surface area contributed by atoms with Crippen LogP contribution in [-0.4, -0.2) is 64.4 Å². The third kappa shape index (κ3) is 5.63. The van der Waals surface area contributed by atoms with Crippen molar-refractivity contribution in [3.63, 3.8) is 0 Å². The van der Waals surface area contributed by atoms with E-state index in [4.69, 9.17) is 4.74 Å². The van der Waals surface area contributed by atoms with Crippen molar-refractivity contribution < 1.29 is 9.53 Å². The predicted octanol–water partition coefficient (Wildman–Crippen LogP) is 2.80. The Hall–Kier alpha value is -2.73. The lowest BCUT2D eigenvalue weighted by Gasteiger charge is -2.29. The van der Waals surface area contributed by atoms with Crippen molar-refractivity contribution >= 4 is 17.4 Å². The number of hydrogen-bond donors (Lipinski definition) is 1. The molecule has 0 radical (unpaired) electrons. The number of nitrogens with zero attached hydrogens (tertiary/aromatic N) is 3. The molecule has 0 saturated carbocycles. The van der Waals surface area contributed by atoms with Crippen LogP contribution >= 0.6 is 0 Å². The molecule has 1 aliphatic heterocycles. The molecule has 6 nitrogen and oxygen atoms in total. The quantitative estimate of drug-likeness (QED) is 0.800. The summed E-state index contributed by atoms with van der Waals surface area (Å²) in [4.78, 5) is 18.5. The largest absolute Gasteiger partial charge is 0.378 e. The van der Waals surface area contributed by atoms with Gasteiger partial charge in [0.2, 0.25) is 0 Å². The topological polar surface area (TPSA) is 48.1 Å². The minimum atomic E-state index is -0.0567. The Balaban J connectivity index is 1.42. The van der Waals surface area contributed by atoms with E-state index >= 15 is 0 Å². The van der Waals surface area contributed by atoms with Crippen LogP contribution in [0.5, 0.6) is 0 Å². The third-order valence-corrected chi connectivity index (χ3v) is 5.00. The van der Waals surface area contributed by atoms with E-state index in [9.17, 15) is 4.79 Å². The monoisotopic (exact) mass is 382 g/mol. The number of nitrogens with one attached hydrogen (secondary N) is 1. The molecule has 6 heteroatoms. The number of likely N-dealkylation sites (N-methyl/N-ethyl adjacent to an activating group) is 1. The number of anilines is 2. The van der Waals surface area contributed by atoms with Crippen LogP contribution in [0.15, 0.2) is 54.6 Å². The van der Waals surface area contributed by atoms with Crippen molar-refractivity contribution in [1.82, 2.24) is 10.2 Å². The number of carbonyl (C=O) groups excluding carboxylic acids is 1. The van der Waals surface area contributed by atoms with Gasteiger partial charge in [-0.3, -0.25) is 0 Å². The molecule has 2 amide bonds. The number of benzene rings is 2. The van der Waals surface area contributed by atoms with Crippen LogP contribution in [0.25, 0.3) is 0 Å². The van der Waals surface area contributed by atoms with Gasteiger partial charge in [0.15, 0.2) is 0 Å². The lowest BCUT2D eigenvalue weighted by molar-refractivity contribution is 0.122. The van der Waals surface area contributed by atoms with Gasteiger partial charge in [-0.25, -0.2) is 4.79 Å². The second-order valence-corrected chi connectivity index (χ2v) is 7.11. The molecule has 150 valence electrons. The van der Waals surface area contributed by atoms with E-state index in [1.54, 1.807) is 4.90 Å². The minimum absolute atomic E-state index is 0.0567. The van der Waals surface area contributed by atoms with Gasteiger partial charge in [0, 0.05) is 58.2 Å². The normalized spacial score (nSPS) is 13.9. The summed E-state index contributed by atoms with van der Waals surface area (Å²) in [5, 5.41) is 2.99. The van der Waals surface area contributed by atoms with Crippen LogP contribution in [-0.2, 0) is 11.3 Å². The van der Waals surface area contributed by atoms with Crippen molar-refractivity contribution in [3.8, 4) is 0 Å². The van der Waals surface area contributed by atoms with Crippen molar-refractivity contribution in [2.45, 2.75) is 6.54 Å². The average Bonchev–Trinajstić information content (AvgIpc) is 2.75. The Kier molecular flexibility index (Phi) is 7.14. The summed E-state index contributed by atoms with van der Waals surface area (Å²) in [5.74, 6) is 0. The fourth-order valence-corrected chi connectivity index (χ4v) is 3.26. The zero-order chi connectivity index (χ0) is 19.8. The highest BCUT2D eigenvalue weighted by Gasteiger charge is 2.12. The van der Waals surface area contributed by atoms with Gasteiger partial charge in [-0.1, -0.05) is 30.3 Å². The van der Waals surface area contributed by atoms with E-state index in [1.165, 1.54) is 5.69 Å². The van der Waals surface area contributed by atoms with Gasteiger partial charge in [-0.15, -0.1) is 0 Å². The van der Waals surface area contributed by atoms with E-state index in [-0.39, 0.29) is 6.03 Å². The molecule has 1 saturated heterocycles. The van der Waals surface area contributed by atoms with E-state index in [2.05, 4.69) is 51.5 Å². The first-order valence-corrected chi connectivity index (χ1v) is 9.80. The average molecular weight is 383 g/mol. The molecule has 1 heterocycles. The summed E-state index contributed by atoms with van der Waals surface area (Å²) < 4.78 is 5.40. The molecule has 1 fully saturated rings. The molecule has 0 aromatic heterocycles. The molecule has 1 aliphatic rings. The van der Waals surface area contributed by atoms with Crippen LogP contribution in [0.2, 0.25) is 0 Å². The van der Waals surface area contributed by atoms with Gasteiger partial charge in [-0.2, -0.15) is 0 Å². The lowest BCUT2D eigenvalue weighted by Crippen LogP contribution is -2.40. The maximum Gasteiger partial charge on any atom is 0.317 e. The number of ether oxygens (including phenoxy) is 1. The summed E-state index contributed by atoms with van der Waals surface area (Å²) in [6, 6.07) is 18.5. The van der Waals surface area contributed by atoms with Crippen LogP contribution in [0.3, 0.4) is 0 Å². The van der Waals surface area contributed by atoms with Crippen molar-refractivity contribution in [2.75, 3.05) is 63.3 Å². The number of carbonyl (C=O) groups is 1. The van der Waals surface area contributed by atoms with Gasteiger partial charge in [0.25, 0.3) is 0 Å². The van der Waals surface area contributed by atoms with Crippen molar-refractivity contribution in [2.24, 2.45) is 0 Å². The molecular weight excluding hydrogens is 352 g/mol. The molecule has 0 spiro atoms. The Bertz CT molecular complexity index is 730. The SMILES string of the molecule is CN(Cc1ccc(N2CCOCC2)cc1)C(=O)NCCN(C)c1ccccc1. The summed E-state index contributed by atoms with van der Waals surface area (Å²) in [6.07, 6.45) is 0. The second-order valence-electron chi connectivity index (χ2n) is 7.11. The molecular formula is C22H30N4O2. The number of hydrogen-bond acceptors (Lipinski definition) is 4. The van der Waals surface area contributed by atoms with E-state index < -0.39 is 0 Å². The van der Waals surface area contributed by atoms with E-state index in [0.29, 0.717) is 13.1 Å². The Morgan fingerprint density at radius 3 is 2.39 bits per heavy atom. The molecule has 28 heavy (non-hydrogen) atoms. The van der Waals surface area contributed by atoms with Crippen LogP contribution in [0.1, 0.15) is 5.56 Å². The molecule has 0 atom stereocenters. The Morgan fingerprint density at radius 1 is 1.04 bits per heavy atom. The van der Waals surface area contributed by atoms with Gasteiger partial charge < -0.3 is 24.8 Å².